The van der Waals surface area contributed by atoms with Crippen LogP contribution in [-0.4, -0.2) is 27.3 Å². The minimum atomic E-state index is -2.20. The molecule has 5 heteroatoms. The van der Waals surface area contributed by atoms with Gasteiger partial charge in [0.1, 0.15) is 5.75 Å². The molecule has 1 aliphatic rings. The summed E-state index contributed by atoms with van der Waals surface area (Å²) in [6.07, 6.45) is 2.57. The minimum Gasteiger partial charge on any atom is -0.770 e. The summed E-state index contributed by atoms with van der Waals surface area (Å²) in [6, 6.07) is 9.09. The van der Waals surface area contributed by atoms with Crippen LogP contribution < -0.4 is 10.1 Å². The smallest absolute Gasteiger partial charge is 0.160 e. The van der Waals surface area contributed by atoms with Crippen molar-refractivity contribution in [2.45, 2.75) is 24.7 Å². The van der Waals surface area contributed by atoms with E-state index in [0.29, 0.717) is 18.1 Å². The van der Waals surface area contributed by atoms with Crippen molar-refractivity contribution in [3.8, 4) is 5.75 Å². The summed E-state index contributed by atoms with van der Waals surface area (Å²) in [7, 11) is 0. The van der Waals surface area contributed by atoms with Crippen LogP contribution >= 0.6 is 0 Å². The first-order valence-corrected chi connectivity index (χ1v) is 7.40. The molecule has 2 rings (SSSR count). The van der Waals surface area contributed by atoms with Gasteiger partial charge in [-0.05, 0) is 61.5 Å². The van der Waals surface area contributed by atoms with Crippen LogP contribution in [-0.2, 0) is 11.1 Å². The molecule has 0 aliphatic carbocycles. The molecule has 3 unspecified atom stereocenters. The van der Waals surface area contributed by atoms with E-state index >= 15 is 0 Å². The third kappa shape index (κ3) is 4.08. The SMILES string of the molecule is O=S([O-])C(CCC1CCNC1)Oc1ccccc1. The second-order valence-corrected chi connectivity index (χ2v) is 5.60. The van der Waals surface area contributed by atoms with Gasteiger partial charge < -0.3 is 14.6 Å². The summed E-state index contributed by atoms with van der Waals surface area (Å²) < 4.78 is 27.8. The zero-order chi connectivity index (χ0) is 12.8. The molecule has 1 aliphatic heterocycles. The molecular formula is C13H18NO3S-. The first-order valence-electron chi connectivity index (χ1n) is 6.26. The van der Waals surface area contributed by atoms with Crippen LogP contribution in [0, 0.1) is 5.92 Å². The lowest BCUT2D eigenvalue weighted by Crippen LogP contribution is -2.23. The molecule has 0 spiro atoms. The maximum absolute atomic E-state index is 11.2. The van der Waals surface area contributed by atoms with Gasteiger partial charge in [0.05, 0.1) is 0 Å². The Morgan fingerprint density at radius 3 is 2.83 bits per heavy atom. The van der Waals surface area contributed by atoms with Crippen molar-refractivity contribution in [2.24, 2.45) is 5.92 Å². The highest BCUT2D eigenvalue weighted by molar-refractivity contribution is 7.79. The second-order valence-electron chi connectivity index (χ2n) is 4.56. The Balaban J connectivity index is 1.85. The van der Waals surface area contributed by atoms with E-state index in [4.69, 9.17) is 4.74 Å². The zero-order valence-electron chi connectivity index (χ0n) is 10.2. The van der Waals surface area contributed by atoms with Crippen molar-refractivity contribution < 1.29 is 13.5 Å². The fraction of sp³-hybridized carbons (Fsp3) is 0.538. The summed E-state index contributed by atoms with van der Waals surface area (Å²) in [5.41, 5.74) is -0.743. The molecule has 3 atom stereocenters. The van der Waals surface area contributed by atoms with Crippen LogP contribution in [0.1, 0.15) is 19.3 Å². The lowest BCUT2D eigenvalue weighted by atomic mass is 10.0. The van der Waals surface area contributed by atoms with E-state index < -0.39 is 16.5 Å². The van der Waals surface area contributed by atoms with Crippen LogP contribution in [0.15, 0.2) is 30.3 Å². The maximum atomic E-state index is 11.2. The summed E-state index contributed by atoms with van der Waals surface area (Å²) in [5, 5.41) is 3.28. The Labute approximate surface area is 110 Å². The number of hydrogen-bond donors (Lipinski definition) is 1. The van der Waals surface area contributed by atoms with Crippen molar-refractivity contribution in [3.63, 3.8) is 0 Å². The third-order valence-electron chi connectivity index (χ3n) is 3.20. The molecule has 0 aromatic heterocycles. The number of para-hydroxylation sites is 1. The number of benzene rings is 1. The predicted molar refractivity (Wildman–Crippen MR) is 70.0 cm³/mol. The zero-order valence-corrected chi connectivity index (χ0v) is 11.0. The minimum absolute atomic E-state index is 0.553. The molecule has 18 heavy (non-hydrogen) atoms. The molecular weight excluding hydrogens is 250 g/mol. The van der Waals surface area contributed by atoms with Crippen LogP contribution in [0.5, 0.6) is 5.75 Å². The fourth-order valence-corrected chi connectivity index (χ4v) is 2.70. The van der Waals surface area contributed by atoms with Crippen molar-refractivity contribution in [2.75, 3.05) is 13.1 Å². The van der Waals surface area contributed by atoms with Crippen LogP contribution in [0.2, 0.25) is 0 Å². The predicted octanol–water partition coefficient (Wildman–Crippen LogP) is 1.66. The van der Waals surface area contributed by atoms with Gasteiger partial charge in [-0.15, -0.1) is 0 Å². The molecule has 1 fully saturated rings. The van der Waals surface area contributed by atoms with Gasteiger partial charge >= 0.3 is 0 Å². The molecule has 1 aromatic carbocycles. The van der Waals surface area contributed by atoms with Crippen molar-refractivity contribution >= 4 is 11.1 Å². The van der Waals surface area contributed by atoms with E-state index in [1.807, 2.05) is 18.2 Å². The molecule has 4 nitrogen and oxygen atoms in total. The van der Waals surface area contributed by atoms with Gasteiger partial charge in [-0.25, -0.2) is 0 Å². The molecule has 0 amide bonds. The molecule has 0 saturated carbocycles. The van der Waals surface area contributed by atoms with Gasteiger partial charge in [-0.3, -0.25) is 4.21 Å². The van der Waals surface area contributed by atoms with Gasteiger partial charge in [0.2, 0.25) is 0 Å². The molecule has 100 valence electrons. The molecule has 1 saturated heterocycles. The van der Waals surface area contributed by atoms with Gasteiger partial charge in [0.25, 0.3) is 0 Å². The average Bonchev–Trinajstić information content (AvgIpc) is 2.88. The summed E-state index contributed by atoms with van der Waals surface area (Å²) in [5.74, 6) is 1.19. The van der Waals surface area contributed by atoms with Gasteiger partial charge in [0, 0.05) is 0 Å². The summed E-state index contributed by atoms with van der Waals surface area (Å²) in [4.78, 5) is 0. The maximum Gasteiger partial charge on any atom is 0.160 e. The standard InChI is InChI=1S/C13H19NO3S/c15-18(16)13(7-6-11-8-9-14-10-11)17-12-4-2-1-3-5-12/h1-5,11,13-14H,6-10H2,(H,15,16)/p-1. The van der Waals surface area contributed by atoms with E-state index in [0.717, 1.165) is 25.9 Å². The van der Waals surface area contributed by atoms with Gasteiger partial charge in [0.15, 0.2) is 5.44 Å². The normalized spacial score (nSPS) is 22.6. The van der Waals surface area contributed by atoms with E-state index in [2.05, 4.69) is 5.32 Å². The largest absolute Gasteiger partial charge is 0.770 e. The third-order valence-corrected chi connectivity index (χ3v) is 3.96. The Hall–Kier alpha value is -0.910. The van der Waals surface area contributed by atoms with E-state index in [1.54, 1.807) is 12.1 Å². The number of hydrogen-bond acceptors (Lipinski definition) is 4. The highest BCUT2D eigenvalue weighted by Crippen LogP contribution is 2.20. The van der Waals surface area contributed by atoms with Gasteiger partial charge in [-0.1, -0.05) is 18.2 Å². The second kappa shape index (κ2) is 6.87. The quantitative estimate of drug-likeness (QED) is 0.797. The van der Waals surface area contributed by atoms with Crippen LogP contribution in [0.25, 0.3) is 0 Å². The van der Waals surface area contributed by atoms with Crippen LogP contribution in [0.3, 0.4) is 0 Å². The topological polar surface area (TPSA) is 61.4 Å². The fourth-order valence-electron chi connectivity index (χ4n) is 2.18. The van der Waals surface area contributed by atoms with E-state index in [9.17, 15) is 8.76 Å². The molecule has 1 aromatic rings. The monoisotopic (exact) mass is 268 g/mol. The summed E-state index contributed by atoms with van der Waals surface area (Å²) in [6.45, 7) is 2.03. The number of rotatable bonds is 6. The number of nitrogens with one attached hydrogen (secondary N) is 1. The first-order chi connectivity index (χ1) is 8.75. The molecule has 0 radical (unpaired) electrons. The Bertz CT molecular complexity index is 379. The Kier molecular flexibility index (Phi) is 5.16. The highest BCUT2D eigenvalue weighted by Gasteiger charge is 2.18. The van der Waals surface area contributed by atoms with Gasteiger partial charge in [-0.2, -0.15) is 0 Å². The molecule has 1 N–H and O–H groups in total. The molecule has 0 bridgehead atoms. The number of ether oxygens (including phenoxy) is 1. The average molecular weight is 268 g/mol. The Morgan fingerprint density at radius 2 is 2.22 bits per heavy atom. The van der Waals surface area contributed by atoms with Crippen molar-refractivity contribution in [1.29, 1.82) is 0 Å². The summed E-state index contributed by atoms with van der Waals surface area (Å²) >= 11 is -2.20. The van der Waals surface area contributed by atoms with Crippen molar-refractivity contribution in [1.82, 2.24) is 5.32 Å². The first kappa shape index (κ1) is 13.5. The van der Waals surface area contributed by atoms with E-state index in [1.165, 1.54) is 0 Å². The van der Waals surface area contributed by atoms with Crippen molar-refractivity contribution in [3.05, 3.63) is 30.3 Å². The Morgan fingerprint density at radius 1 is 1.44 bits per heavy atom. The lowest BCUT2D eigenvalue weighted by Gasteiger charge is -2.22. The van der Waals surface area contributed by atoms with E-state index in [-0.39, 0.29) is 0 Å². The lowest BCUT2D eigenvalue weighted by molar-refractivity contribution is 0.245. The molecule has 1 heterocycles. The highest BCUT2D eigenvalue weighted by atomic mass is 32.2. The van der Waals surface area contributed by atoms with Crippen LogP contribution in [0.4, 0.5) is 0 Å².